The molecule has 2 fully saturated rings. The van der Waals surface area contributed by atoms with Gasteiger partial charge < -0.3 is 19.6 Å². The molecular weight excluding hydrogens is 330 g/mol. The number of aryl methyl sites for hydroxylation is 1. The number of likely N-dealkylation sites (tertiary alicyclic amines) is 1. The van der Waals surface area contributed by atoms with Crippen molar-refractivity contribution in [2.45, 2.75) is 33.7 Å². The van der Waals surface area contributed by atoms with Crippen molar-refractivity contribution in [2.24, 2.45) is 11.8 Å². The standard InChI is InChI=1S/C19H33N5O2/c1-15(2)12-23-5-4-17(13-23)11-20-19(25)24-8-6-22(7-9-24)14-18-10-16(3)21-26-18/h10,15,17H,4-9,11-14H2,1-3H3,(H,20,25). The molecule has 7 nitrogen and oxygen atoms in total. The lowest BCUT2D eigenvalue weighted by Crippen LogP contribution is -2.52. The molecule has 0 aliphatic carbocycles. The Morgan fingerprint density at radius 1 is 1.27 bits per heavy atom. The number of carbonyl (C=O) groups excluding carboxylic acids is 1. The Morgan fingerprint density at radius 2 is 2.04 bits per heavy atom. The lowest BCUT2D eigenvalue weighted by molar-refractivity contribution is 0.127. The first-order chi connectivity index (χ1) is 12.5. The van der Waals surface area contributed by atoms with Crippen molar-refractivity contribution in [3.8, 4) is 0 Å². The average Bonchev–Trinajstić information content (AvgIpc) is 3.21. The molecule has 0 radical (unpaired) electrons. The smallest absolute Gasteiger partial charge is 0.317 e. The summed E-state index contributed by atoms with van der Waals surface area (Å²) in [6, 6.07) is 2.06. The predicted molar refractivity (Wildman–Crippen MR) is 101 cm³/mol. The summed E-state index contributed by atoms with van der Waals surface area (Å²) in [6.45, 7) is 14.7. The number of piperazine rings is 1. The second-order valence-corrected chi connectivity index (χ2v) is 8.19. The number of nitrogens with zero attached hydrogens (tertiary/aromatic N) is 4. The van der Waals surface area contributed by atoms with Gasteiger partial charge in [0.2, 0.25) is 0 Å². The van der Waals surface area contributed by atoms with Gasteiger partial charge in [0.1, 0.15) is 0 Å². The molecule has 2 aliphatic heterocycles. The van der Waals surface area contributed by atoms with E-state index in [0.717, 1.165) is 63.8 Å². The fraction of sp³-hybridized carbons (Fsp3) is 0.789. The van der Waals surface area contributed by atoms with E-state index in [0.29, 0.717) is 11.8 Å². The van der Waals surface area contributed by atoms with Crippen LogP contribution in [0.4, 0.5) is 4.79 Å². The minimum Gasteiger partial charge on any atom is -0.360 e. The summed E-state index contributed by atoms with van der Waals surface area (Å²) in [5.41, 5.74) is 0.914. The molecule has 3 rings (SSSR count). The Balaban J connectivity index is 1.34. The number of aromatic nitrogens is 1. The molecule has 2 saturated heterocycles. The highest BCUT2D eigenvalue weighted by Gasteiger charge is 2.25. The normalized spacial score (nSPS) is 22.3. The van der Waals surface area contributed by atoms with E-state index in [1.807, 2.05) is 17.9 Å². The third-order valence-corrected chi connectivity index (χ3v) is 5.25. The lowest BCUT2D eigenvalue weighted by atomic mass is 10.1. The Labute approximate surface area is 156 Å². The molecule has 0 aromatic carbocycles. The first-order valence-corrected chi connectivity index (χ1v) is 9.89. The second-order valence-electron chi connectivity index (χ2n) is 8.19. The van der Waals surface area contributed by atoms with Gasteiger partial charge in [-0.2, -0.15) is 0 Å². The van der Waals surface area contributed by atoms with Gasteiger partial charge in [0.25, 0.3) is 0 Å². The van der Waals surface area contributed by atoms with Crippen LogP contribution in [0.15, 0.2) is 10.6 Å². The van der Waals surface area contributed by atoms with Crippen molar-refractivity contribution in [3.63, 3.8) is 0 Å². The van der Waals surface area contributed by atoms with Gasteiger partial charge in [-0.25, -0.2) is 4.79 Å². The second kappa shape index (κ2) is 8.86. The van der Waals surface area contributed by atoms with Gasteiger partial charge in [-0.05, 0) is 31.7 Å². The molecule has 2 aliphatic rings. The maximum Gasteiger partial charge on any atom is 0.317 e. The molecule has 1 unspecified atom stereocenters. The van der Waals surface area contributed by atoms with Crippen molar-refractivity contribution in [3.05, 3.63) is 17.5 Å². The minimum atomic E-state index is 0.0856. The third-order valence-electron chi connectivity index (χ3n) is 5.25. The number of carbonyl (C=O) groups is 1. The van der Waals surface area contributed by atoms with Crippen LogP contribution < -0.4 is 5.32 Å². The van der Waals surface area contributed by atoms with Crippen LogP contribution >= 0.6 is 0 Å². The van der Waals surface area contributed by atoms with Crippen LogP contribution in [-0.2, 0) is 6.54 Å². The quantitative estimate of drug-likeness (QED) is 0.835. The Hall–Kier alpha value is -1.60. The molecule has 26 heavy (non-hydrogen) atoms. The van der Waals surface area contributed by atoms with Crippen LogP contribution in [-0.4, -0.2) is 78.2 Å². The van der Waals surface area contributed by atoms with E-state index in [1.54, 1.807) is 0 Å². The lowest BCUT2D eigenvalue weighted by Gasteiger charge is -2.34. The molecule has 1 atom stereocenters. The molecule has 146 valence electrons. The van der Waals surface area contributed by atoms with Gasteiger partial charge in [0, 0.05) is 51.9 Å². The van der Waals surface area contributed by atoms with Crippen molar-refractivity contribution in [1.29, 1.82) is 0 Å². The van der Waals surface area contributed by atoms with Gasteiger partial charge in [0.15, 0.2) is 5.76 Å². The maximum absolute atomic E-state index is 12.4. The zero-order valence-electron chi connectivity index (χ0n) is 16.4. The first-order valence-electron chi connectivity index (χ1n) is 9.89. The highest BCUT2D eigenvalue weighted by atomic mass is 16.5. The van der Waals surface area contributed by atoms with Crippen LogP contribution in [0.5, 0.6) is 0 Å². The van der Waals surface area contributed by atoms with E-state index < -0.39 is 0 Å². The van der Waals surface area contributed by atoms with E-state index in [9.17, 15) is 4.79 Å². The average molecular weight is 364 g/mol. The minimum absolute atomic E-state index is 0.0856. The molecule has 2 amide bonds. The molecule has 1 aromatic heterocycles. The van der Waals surface area contributed by atoms with Crippen LogP contribution in [0.3, 0.4) is 0 Å². The summed E-state index contributed by atoms with van der Waals surface area (Å²) < 4.78 is 5.28. The number of hydrogen-bond donors (Lipinski definition) is 1. The third kappa shape index (κ3) is 5.45. The Morgan fingerprint density at radius 3 is 2.69 bits per heavy atom. The van der Waals surface area contributed by atoms with Crippen LogP contribution in [0.2, 0.25) is 0 Å². The molecule has 0 spiro atoms. The number of rotatable bonds is 6. The molecule has 1 aromatic rings. The van der Waals surface area contributed by atoms with Crippen LogP contribution in [0, 0.1) is 18.8 Å². The zero-order valence-corrected chi connectivity index (χ0v) is 16.4. The van der Waals surface area contributed by atoms with Gasteiger partial charge in [-0.1, -0.05) is 19.0 Å². The fourth-order valence-electron chi connectivity index (χ4n) is 3.93. The Bertz CT molecular complexity index is 580. The van der Waals surface area contributed by atoms with Crippen LogP contribution in [0.25, 0.3) is 0 Å². The van der Waals surface area contributed by atoms with Gasteiger partial charge in [0.05, 0.1) is 12.2 Å². The number of urea groups is 1. The van der Waals surface area contributed by atoms with Crippen molar-refractivity contribution >= 4 is 6.03 Å². The summed E-state index contributed by atoms with van der Waals surface area (Å²) in [6.07, 6.45) is 1.19. The van der Waals surface area contributed by atoms with Crippen molar-refractivity contribution in [1.82, 2.24) is 25.2 Å². The van der Waals surface area contributed by atoms with Crippen molar-refractivity contribution in [2.75, 3.05) is 52.4 Å². The highest BCUT2D eigenvalue weighted by molar-refractivity contribution is 5.74. The van der Waals surface area contributed by atoms with E-state index in [-0.39, 0.29) is 6.03 Å². The number of amides is 2. The first kappa shape index (κ1) is 19.2. The predicted octanol–water partition coefficient (Wildman–Crippen LogP) is 1.79. The summed E-state index contributed by atoms with van der Waals surface area (Å²) in [5, 5.41) is 7.08. The van der Waals surface area contributed by atoms with E-state index in [2.05, 4.69) is 34.1 Å². The molecule has 7 heteroatoms. The summed E-state index contributed by atoms with van der Waals surface area (Å²) in [7, 11) is 0. The van der Waals surface area contributed by atoms with E-state index in [1.165, 1.54) is 13.0 Å². The highest BCUT2D eigenvalue weighted by Crippen LogP contribution is 2.17. The summed E-state index contributed by atoms with van der Waals surface area (Å²) >= 11 is 0. The number of hydrogen-bond acceptors (Lipinski definition) is 5. The zero-order chi connectivity index (χ0) is 18.5. The SMILES string of the molecule is Cc1cc(CN2CCN(C(=O)NCC3CCN(CC(C)C)C3)CC2)on1. The van der Waals surface area contributed by atoms with Gasteiger partial charge in [-0.3, -0.25) is 4.90 Å². The molecular formula is C19H33N5O2. The van der Waals surface area contributed by atoms with Crippen molar-refractivity contribution < 1.29 is 9.32 Å². The van der Waals surface area contributed by atoms with Crippen LogP contribution in [0.1, 0.15) is 31.7 Å². The molecule has 0 saturated carbocycles. The largest absolute Gasteiger partial charge is 0.360 e. The van der Waals surface area contributed by atoms with Gasteiger partial charge in [-0.15, -0.1) is 0 Å². The van der Waals surface area contributed by atoms with E-state index in [4.69, 9.17) is 4.52 Å². The van der Waals surface area contributed by atoms with Gasteiger partial charge >= 0.3 is 6.03 Å². The summed E-state index contributed by atoms with van der Waals surface area (Å²) in [4.78, 5) is 19.2. The molecule has 1 N–H and O–H groups in total. The van der Waals surface area contributed by atoms with E-state index >= 15 is 0 Å². The summed E-state index contributed by atoms with van der Waals surface area (Å²) in [5.74, 6) is 2.20. The molecule has 3 heterocycles. The monoisotopic (exact) mass is 363 g/mol. The molecule has 0 bridgehead atoms. The number of nitrogens with one attached hydrogen (secondary N) is 1. The maximum atomic E-state index is 12.4. The topological polar surface area (TPSA) is 64.8 Å². The fourth-order valence-corrected chi connectivity index (χ4v) is 3.93. The Kier molecular flexibility index (Phi) is 6.53.